The van der Waals surface area contributed by atoms with Crippen LogP contribution in [0.5, 0.6) is 0 Å². The topological polar surface area (TPSA) is 46.5 Å². The Labute approximate surface area is 137 Å². The third-order valence-corrected chi connectivity index (χ3v) is 7.03. The lowest BCUT2D eigenvalue weighted by Gasteiger charge is -2.07. The van der Waals surface area contributed by atoms with E-state index in [1.807, 2.05) is 30.3 Å². The third-order valence-electron chi connectivity index (χ3n) is 2.59. The molecule has 0 heterocycles. The molecule has 2 rings (SSSR count). The van der Waals surface area contributed by atoms with Crippen molar-refractivity contribution in [2.75, 3.05) is 11.6 Å². The van der Waals surface area contributed by atoms with Gasteiger partial charge in [-0.1, -0.05) is 29.8 Å². The van der Waals surface area contributed by atoms with Crippen molar-refractivity contribution in [2.24, 2.45) is 3.77 Å². The molecule has 0 fully saturated rings. The van der Waals surface area contributed by atoms with Gasteiger partial charge in [-0.2, -0.15) is 8.42 Å². The minimum absolute atomic E-state index is 0.134. The molecule has 0 radical (unpaired) electrons. The molecule has 21 heavy (non-hydrogen) atoms. The number of hydrogen-bond acceptors (Lipinski definition) is 2. The van der Waals surface area contributed by atoms with Gasteiger partial charge >= 0.3 is 0 Å². The van der Waals surface area contributed by atoms with Gasteiger partial charge in [0.05, 0.1) is 4.90 Å². The predicted molar refractivity (Wildman–Crippen MR) is 88.7 cm³/mol. The van der Waals surface area contributed by atoms with Crippen molar-refractivity contribution >= 4 is 43.9 Å². The summed E-state index contributed by atoms with van der Waals surface area (Å²) in [6, 6.07) is 15.3. The maximum absolute atomic E-state index is 12.4. The molecule has 7 heteroatoms. The van der Waals surface area contributed by atoms with Gasteiger partial charge in [0.25, 0.3) is 10.0 Å². The summed E-state index contributed by atoms with van der Waals surface area (Å²) < 4.78 is 28.8. The highest BCUT2D eigenvalue weighted by molar-refractivity contribution is 8.00. The molecule has 0 saturated heterocycles. The molecule has 0 bridgehead atoms. The molecule has 112 valence electrons. The van der Waals surface area contributed by atoms with Crippen LogP contribution in [0.4, 0.5) is 0 Å². The van der Waals surface area contributed by atoms with E-state index in [2.05, 4.69) is 3.77 Å². The standard InChI is InChI=1S/C14H13Cl2NO2S2/c15-10-11-20(13-4-2-1-3-5-13)17-21(18,19)14-8-6-12(16)7-9-14/h1-9H,10-11H2/t20-/m1/s1. The van der Waals surface area contributed by atoms with Crippen molar-refractivity contribution in [1.29, 1.82) is 0 Å². The van der Waals surface area contributed by atoms with Gasteiger partial charge in [-0.05, 0) is 47.1 Å². The number of benzene rings is 2. The zero-order valence-corrected chi connectivity index (χ0v) is 14.1. The maximum atomic E-state index is 12.4. The molecule has 1 atom stereocenters. The van der Waals surface area contributed by atoms with Gasteiger partial charge in [-0.15, -0.1) is 15.4 Å². The Kier molecular flexibility index (Phi) is 5.81. The van der Waals surface area contributed by atoms with E-state index in [0.717, 1.165) is 4.90 Å². The second-order valence-corrected chi connectivity index (χ2v) is 8.52. The number of alkyl halides is 1. The van der Waals surface area contributed by atoms with Crippen LogP contribution in [-0.2, 0) is 20.7 Å². The van der Waals surface area contributed by atoms with Gasteiger partial charge < -0.3 is 0 Å². The average molecular weight is 362 g/mol. The lowest BCUT2D eigenvalue weighted by molar-refractivity contribution is 0.598. The molecule has 0 N–H and O–H groups in total. The van der Waals surface area contributed by atoms with E-state index >= 15 is 0 Å². The van der Waals surface area contributed by atoms with Crippen LogP contribution in [0, 0.1) is 0 Å². The van der Waals surface area contributed by atoms with Gasteiger partial charge in [0.2, 0.25) is 0 Å². The largest absolute Gasteiger partial charge is 0.288 e. The normalized spacial score (nSPS) is 13.2. The summed E-state index contributed by atoms with van der Waals surface area (Å²) in [6.07, 6.45) is 0. The zero-order valence-electron chi connectivity index (χ0n) is 10.9. The van der Waals surface area contributed by atoms with Crippen LogP contribution in [0.15, 0.2) is 68.2 Å². The summed E-state index contributed by atoms with van der Waals surface area (Å²) >= 11 is 11.5. The first-order valence-corrected chi connectivity index (χ1v) is 9.79. The quantitative estimate of drug-likeness (QED) is 0.751. The van der Waals surface area contributed by atoms with Crippen molar-refractivity contribution in [3.8, 4) is 0 Å². The minimum atomic E-state index is -3.73. The number of halogens is 2. The SMILES string of the molecule is O=S(=O)(N=[S@](CCCl)c1ccccc1)c1ccc(Cl)cc1. The number of sulfonamides is 1. The first kappa shape index (κ1) is 16.5. The van der Waals surface area contributed by atoms with Crippen molar-refractivity contribution in [1.82, 2.24) is 0 Å². The Morgan fingerprint density at radius 3 is 2.19 bits per heavy atom. The van der Waals surface area contributed by atoms with Crippen LogP contribution in [0.3, 0.4) is 0 Å². The van der Waals surface area contributed by atoms with Gasteiger partial charge in [-0.25, -0.2) is 0 Å². The Balaban J connectivity index is 2.44. The molecular formula is C14H13Cl2NO2S2. The molecule has 0 aliphatic carbocycles. The van der Waals surface area contributed by atoms with Crippen LogP contribution in [0.1, 0.15) is 0 Å². The average Bonchev–Trinajstić information content (AvgIpc) is 2.48. The highest BCUT2D eigenvalue weighted by Gasteiger charge is 2.14. The van der Waals surface area contributed by atoms with E-state index < -0.39 is 20.7 Å². The van der Waals surface area contributed by atoms with E-state index in [0.29, 0.717) is 16.7 Å². The zero-order chi connectivity index (χ0) is 15.3. The molecular weight excluding hydrogens is 349 g/mol. The molecule has 0 aliphatic rings. The maximum Gasteiger partial charge on any atom is 0.288 e. The van der Waals surface area contributed by atoms with Gasteiger partial charge in [-0.3, -0.25) is 0 Å². The van der Waals surface area contributed by atoms with Crippen LogP contribution >= 0.6 is 23.2 Å². The van der Waals surface area contributed by atoms with E-state index in [9.17, 15) is 8.42 Å². The monoisotopic (exact) mass is 361 g/mol. The molecule has 0 spiro atoms. The Bertz CT molecular complexity index is 729. The molecule has 2 aromatic carbocycles. The van der Waals surface area contributed by atoms with Crippen molar-refractivity contribution in [3.63, 3.8) is 0 Å². The van der Waals surface area contributed by atoms with Crippen LogP contribution in [0.2, 0.25) is 5.02 Å². The number of hydrogen-bond donors (Lipinski definition) is 0. The number of nitrogens with zero attached hydrogens (tertiary/aromatic N) is 1. The van der Waals surface area contributed by atoms with Crippen molar-refractivity contribution in [2.45, 2.75) is 9.79 Å². The lowest BCUT2D eigenvalue weighted by Crippen LogP contribution is -2.05. The fourth-order valence-corrected chi connectivity index (χ4v) is 5.45. The van der Waals surface area contributed by atoms with Crippen LogP contribution in [-0.4, -0.2) is 20.1 Å². The van der Waals surface area contributed by atoms with E-state index in [4.69, 9.17) is 23.2 Å². The molecule has 0 aliphatic heterocycles. The molecule has 0 saturated carbocycles. The van der Waals surface area contributed by atoms with E-state index in [1.165, 1.54) is 24.3 Å². The summed E-state index contributed by atoms with van der Waals surface area (Å²) in [5, 5.41) is 0.483. The fraction of sp³-hybridized carbons (Fsp3) is 0.143. The second-order valence-electron chi connectivity index (χ2n) is 4.07. The van der Waals surface area contributed by atoms with Gasteiger partial charge in [0.15, 0.2) is 0 Å². The van der Waals surface area contributed by atoms with E-state index in [-0.39, 0.29) is 4.90 Å². The first-order chi connectivity index (χ1) is 10.0. The smallest absolute Gasteiger partial charge is 0.199 e. The Hall–Kier alpha value is -0.880. The third kappa shape index (κ3) is 4.54. The van der Waals surface area contributed by atoms with Gasteiger partial charge in [0.1, 0.15) is 0 Å². The van der Waals surface area contributed by atoms with Gasteiger partial charge in [0, 0.05) is 21.6 Å². The predicted octanol–water partition coefficient (Wildman–Crippen LogP) is 4.13. The van der Waals surface area contributed by atoms with Crippen molar-refractivity contribution in [3.05, 3.63) is 59.6 Å². The summed E-state index contributed by atoms with van der Waals surface area (Å²) in [5.74, 6) is 0.829. The lowest BCUT2D eigenvalue weighted by atomic mass is 10.4. The fourth-order valence-electron chi connectivity index (χ4n) is 1.62. The van der Waals surface area contributed by atoms with Crippen molar-refractivity contribution < 1.29 is 8.42 Å². The molecule has 0 unspecified atom stereocenters. The Morgan fingerprint density at radius 2 is 1.62 bits per heavy atom. The summed E-state index contributed by atoms with van der Waals surface area (Å²) in [5.41, 5.74) is 0. The Morgan fingerprint density at radius 1 is 1.00 bits per heavy atom. The minimum Gasteiger partial charge on any atom is -0.199 e. The highest BCUT2D eigenvalue weighted by Crippen LogP contribution is 2.19. The van der Waals surface area contributed by atoms with E-state index in [1.54, 1.807) is 0 Å². The molecule has 3 nitrogen and oxygen atoms in total. The summed E-state index contributed by atoms with van der Waals surface area (Å²) in [6.45, 7) is 0. The number of rotatable bonds is 5. The second kappa shape index (κ2) is 7.40. The highest BCUT2D eigenvalue weighted by atomic mass is 35.5. The summed E-state index contributed by atoms with van der Waals surface area (Å²) in [4.78, 5) is 0.991. The first-order valence-electron chi connectivity index (χ1n) is 6.08. The van der Waals surface area contributed by atoms with Crippen LogP contribution < -0.4 is 0 Å². The molecule has 0 aromatic heterocycles. The van der Waals surface area contributed by atoms with Crippen LogP contribution in [0.25, 0.3) is 0 Å². The summed E-state index contributed by atoms with van der Waals surface area (Å²) in [7, 11) is -4.52. The molecule has 0 amide bonds. The molecule has 2 aromatic rings.